The lowest BCUT2D eigenvalue weighted by Gasteiger charge is -2.15. The van der Waals surface area contributed by atoms with Crippen LogP contribution in [0.15, 0.2) is 24.3 Å². The van der Waals surface area contributed by atoms with Crippen molar-refractivity contribution in [2.45, 2.75) is 19.3 Å². The van der Waals surface area contributed by atoms with Gasteiger partial charge in [-0.15, -0.1) is 0 Å². The summed E-state index contributed by atoms with van der Waals surface area (Å²) < 4.78 is 0. The van der Waals surface area contributed by atoms with Gasteiger partial charge in [-0.25, -0.2) is 0 Å². The van der Waals surface area contributed by atoms with Gasteiger partial charge in [-0.2, -0.15) is 0 Å². The van der Waals surface area contributed by atoms with Crippen LogP contribution in [0.4, 0.5) is 5.69 Å². The molecule has 0 amide bonds. The third kappa shape index (κ3) is 2.72. The standard InChI is InChI=1S/C13H20N2/c1-14-13-7-3-2-6-12(13)8-11-15-9-4-5-10-15/h2-3,6-7,14H,4-5,8-11H2,1H3. The zero-order chi connectivity index (χ0) is 10.5. The minimum Gasteiger partial charge on any atom is -0.388 e. The number of rotatable bonds is 4. The molecule has 2 rings (SSSR count). The molecule has 0 atom stereocenters. The lowest BCUT2D eigenvalue weighted by Crippen LogP contribution is -2.22. The number of likely N-dealkylation sites (tertiary alicyclic amines) is 1. The van der Waals surface area contributed by atoms with Crippen molar-refractivity contribution in [3.05, 3.63) is 29.8 Å². The van der Waals surface area contributed by atoms with Gasteiger partial charge in [0.25, 0.3) is 0 Å². The van der Waals surface area contributed by atoms with Crippen LogP contribution in [0.3, 0.4) is 0 Å². The van der Waals surface area contributed by atoms with E-state index in [4.69, 9.17) is 0 Å². The number of nitrogens with one attached hydrogen (secondary N) is 1. The molecule has 0 radical (unpaired) electrons. The normalized spacial score (nSPS) is 16.9. The molecular formula is C13H20N2. The summed E-state index contributed by atoms with van der Waals surface area (Å²) in [6.45, 7) is 3.79. The Balaban J connectivity index is 1.91. The molecular weight excluding hydrogens is 184 g/mol. The molecule has 82 valence electrons. The fourth-order valence-electron chi connectivity index (χ4n) is 2.27. The summed E-state index contributed by atoms with van der Waals surface area (Å²) in [5.41, 5.74) is 2.71. The zero-order valence-corrected chi connectivity index (χ0v) is 9.50. The van der Waals surface area contributed by atoms with Crippen molar-refractivity contribution >= 4 is 5.69 Å². The molecule has 0 aromatic heterocycles. The first-order valence-corrected chi connectivity index (χ1v) is 5.88. The largest absolute Gasteiger partial charge is 0.388 e. The molecule has 2 nitrogen and oxygen atoms in total. The first-order chi connectivity index (χ1) is 7.40. The molecule has 1 aliphatic heterocycles. The average Bonchev–Trinajstić information content (AvgIpc) is 2.79. The van der Waals surface area contributed by atoms with Gasteiger partial charge in [0.05, 0.1) is 0 Å². The number of benzene rings is 1. The highest BCUT2D eigenvalue weighted by Crippen LogP contribution is 2.16. The molecule has 0 spiro atoms. The van der Waals surface area contributed by atoms with E-state index in [1.54, 1.807) is 0 Å². The SMILES string of the molecule is CNc1ccccc1CCN1CCCC1. The van der Waals surface area contributed by atoms with Gasteiger partial charge in [0.1, 0.15) is 0 Å². The number of anilines is 1. The Kier molecular flexibility index (Phi) is 3.62. The maximum absolute atomic E-state index is 3.25. The van der Waals surface area contributed by atoms with Crippen molar-refractivity contribution in [3.8, 4) is 0 Å². The Morgan fingerprint density at radius 3 is 2.67 bits per heavy atom. The van der Waals surface area contributed by atoms with Crippen LogP contribution in [-0.2, 0) is 6.42 Å². The highest BCUT2D eigenvalue weighted by atomic mass is 15.1. The van der Waals surface area contributed by atoms with Gasteiger partial charge in [-0.05, 0) is 44.0 Å². The second kappa shape index (κ2) is 5.17. The van der Waals surface area contributed by atoms with Crippen LogP contribution < -0.4 is 5.32 Å². The first kappa shape index (κ1) is 10.5. The van der Waals surface area contributed by atoms with E-state index in [9.17, 15) is 0 Å². The van der Waals surface area contributed by atoms with E-state index in [0.29, 0.717) is 0 Å². The van der Waals surface area contributed by atoms with E-state index < -0.39 is 0 Å². The van der Waals surface area contributed by atoms with Crippen molar-refractivity contribution in [3.63, 3.8) is 0 Å². The number of hydrogen-bond donors (Lipinski definition) is 1. The Morgan fingerprint density at radius 1 is 1.20 bits per heavy atom. The van der Waals surface area contributed by atoms with Crippen molar-refractivity contribution in [1.29, 1.82) is 0 Å². The highest BCUT2D eigenvalue weighted by Gasteiger charge is 2.11. The maximum atomic E-state index is 3.25. The van der Waals surface area contributed by atoms with Gasteiger partial charge in [0, 0.05) is 19.3 Å². The minimum absolute atomic E-state index is 1.16. The molecule has 1 aliphatic rings. The summed E-state index contributed by atoms with van der Waals surface area (Å²) >= 11 is 0. The van der Waals surface area contributed by atoms with Gasteiger partial charge >= 0.3 is 0 Å². The van der Waals surface area contributed by atoms with Gasteiger partial charge in [0.15, 0.2) is 0 Å². The van der Waals surface area contributed by atoms with Gasteiger partial charge in [-0.3, -0.25) is 0 Å². The molecule has 1 N–H and O–H groups in total. The van der Waals surface area contributed by atoms with Gasteiger partial charge in [0.2, 0.25) is 0 Å². The van der Waals surface area contributed by atoms with E-state index in [2.05, 4.69) is 34.5 Å². The number of hydrogen-bond acceptors (Lipinski definition) is 2. The smallest absolute Gasteiger partial charge is 0.0370 e. The summed E-state index contributed by atoms with van der Waals surface area (Å²) in [4.78, 5) is 2.56. The first-order valence-electron chi connectivity index (χ1n) is 5.88. The van der Waals surface area contributed by atoms with Crippen molar-refractivity contribution in [2.24, 2.45) is 0 Å². The maximum Gasteiger partial charge on any atom is 0.0370 e. The fourth-order valence-corrected chi connectivity index (χ4v) is 2.27. The zero-order valence-electron chi connectivity index (χ0n) is 9.50. The molecule has 1 aromatic rings. The molecule has 0 saturated carbocycles. The van der Waals surface area contributed by atoms with Gasteiger partial charge < -0.3 is 10.2 Å². The summed E-state index contributed by atoms with van der Waals surface area (Å²) in [5, 5.41) is 3.25. The fraction of sp³-hybridized carbons (Fsp3) is 0.538. The van der Waals surface area contributed by atoms with E-state index in [0.717, 1.165) is 6.42 Å². The summed E-state index contributed by atoms with van der Waals surface area (Å²) in [6, 6.07) is 8.59. The van der Waals surface area contributed by atoms with Crippen LogP contribution >= 0.6 is 0 Å². The third-order valence-corrected chi connectivity index (χ3v) is 3.18. The Morgan fingerprint density at radius 2 is 1.93 bits per heavy atom. The molecule has 1 heterocycles. The third-order valence-electron chi connectivity index (χ3n) is 3.18. The van der Waals surface area contributed by atoms with Crippen molar-refractivity contribution in [1.82, 2.24) is 4.90 Å². The molecule has 15 heavy (non-hydrogen) atoms. The molecule has 1 aromatic carbocycles. The molecule has 1 saturated heterocycles. The molecule has 0 aliphatic carbocycles. The topological polar surface area (TPSA) is 15.3 Å². The monoisotopic (exact) mass is 204 g/mol. The molecule has 0 bridgehead atoms. The molecule has 1 fully saturated rings. The molecule has 0 unspecified atom stereocenters. The second-order valence-corrected chi connectivity index (χ2v) is 4.21. The van der Waals surface area contributed by atoms with Crippen molar-refractivity contribution in [2.75, 3.05) is 32.0 Å². The minimum atomic E-state index is 1.16. The summed E-state index contributed by atoms with van der Waals surface area (Å²) in [6.07, 6.45) is 3.93. The Hall–Kier alpha value is -1.02. The van der Waals surface area contributed by atoms with Crippen LogP contribution in [0, 0.1) is 0 Å². The average molecular weight is 204 g/mol. The number of nitrogens with zero attached hydrogens (tertiary/aromatic N) is 1. The van der Waals surface area contributed by atoms with Crippen LogP contribution in [-0.4, -0.2) is 31.6 Å². The van der Waals surface area contributed by atoms with Crippen LogP contribution in [0.5, 0.6) is 0 Å². The Labute approximate surface area is 92.3 Å². The van der Waals surface area contributed by atoms with Crippen molar-refractivity contribution < 1.29 is 0 Å². The van der Waals surface area contributed by atoms with Crippen LogP contribution in [0.25, 0.3) is 0 Å². The Bertz CT molecular complexity index is 303. The molecule has 2 heteroatoms. The second-order valence-electron chi connectivity index (χ2n) is 4.21. The summed E-state index contributed by atoms with van der Waals surface area (Å²) in [5.74, 6) is 0. The predicted molar refractivity (Wildman–Crippen MR) is 65.4 cm³/mol. The van der Waals surface area contributed by atoms with E-state index >= 15 is 0 Å². The predicted octanol–water partition coefficient (Wildman–Crippen LogP) is 2.37. The van der Waals surface area contributed by atoms with Crippen LogP contribution in [0.1, 0.15) is 18.4 Å². The van der Waals surface area contributed by atoms with E-state index in [1.165, 1.54) is 43.7 Å². The quantitative estimate of drug-likeness (QED) is 0.810. The summed E-state index contributed by atoms with van der Waals surface area (Å²) in [7, 11) is 1.99. The number of para-hydroxylation sites is 1. The lowest BCUT2D eigenvalue weighted by atomic mass is 10.1. The highest BCUT2D eigenvalue weighted by molar-refractivity contribution is 5.50. The van der Waals surface area contributed by atoms with Gasteiger partial charge in [-0.1, -0.05) is 18.2 Å². The van der Waals surface area contributed by atoms with E-state index in [1.807, 2.05) is 7.05 Å². The van der Waals surface area contributed by atoms with Crippen LogP contribution in [0.2, 0.25) is 0 Å². The lowest BCUT2D eigenvalue weighted by molar-refractivity contribution is 0.343. The van der Waals surface area contributed by atoms with E-state index in [-0.39, 0.29) is 0 Å².